The van der Waals surface area contributed by atoms with Gasteiger partial charge in [-0.05, 0) is 42.8 Å². The zero-order valence-electron chi connectivity index (χ0n) is 16.2. The lowest BCUT2D eigenvalue weighted by Gasteiger charge is -2.34. The SMILES string of the molecule is Cc1cnc2c(S(=O)(=O)N3CCN(C(=O)c4cc(Br)ccc4F)CC3)cccc2c1. The number of para-hydroxylation sites is 1. The average molecular weight is 492 g/mol. The molecule has 1 fully saturated rings. The van der Waals surface area contributed by atoms with Crippen LogP contribution in [0.2, 0.25) is 0 Å². The van der Waals surface area contributed by atoms with E-state index in [9.17, 15) is 17.6 Å². The Bertz CT molecular complexity index is 1240. The Balaban J connectivity index is 1.55. The first-order valence-electron chi connectivity index (χ1n) is 9.37. The van der Waals surface area contributed by atoms with E-state index in [0.717, 1.165) is 10.9 Å². The minimum Gasteiger partial charge on any atom is -0.336 e. The number of aromatic nitrogens is 1. The summed E-state index contributed by atoms with van der Waals surface area (Å²) in [6.45, 7) is 2.53. The molecule has 1 saturated heterocycles. The summed E-state index contributed by atoms with van der Waals surface area (Å²) < 4.78 is 42.5. The van der Waals surface area contributed by atoms with Gasteiger partial charge in [-0.3, -0.25) is 9.78 Å². The van der Waals surface area contributed by atoms with Crippen molar-refractivity contribution < 1.29 is 17.6 Å². The normalized spacial score (nSPS) is 15.5. The molecule has 1 aromatic heterocycles. The van der Waals surface area contributed by atoms with E-state index in [1.807, 2.05) is 19.1 Å². The summed E-state index contributed by atoms with van der Waals surface area (Å²) in [5, 5.41) is 0.759. The fraction of sp³-hybridized carbons (Fsp3) is 0.238. The number of carbonyl (C=O) groups excluding carboxylic acids is 1. The molecule has 0 N–H and O–H groups in total. The lowest BCUT2D eigenvalue weighted by Crippen LogP contribution is -2.50. The molecule has 2 aromatic carbocycles. The first kappa shape index (κ1) is 20.9. The zero-order valence-corrected chi connectivity index (χ0v) is 18.6. The molecule has 0 saturated carbocycles. The Kier molecular flexibility index (Phi) is 5.61. The molecule has 3 aromatic rings. The number of carbonyl (C=O) groups is 1. The van der Waals surface area contributed by atoms with Crippen LogP contribution in [0.3, 0.4) is 0 Å². The lowest BCUT2D eigenvalue weighted by atomic mass is 10.1. The van der Waals surface area contributed by atoms with Gasteiger partial charge < -0.3 is 4.90 Å². The molecule has 2 heterocycles. The number of benzene rings is 2. The number of aryl methyl sites for hydroxylation is 1. The topological polar surface area (TPSA) is 70.6 Å². The monoisotopic (exact) mass is 491 g/mol. The standard InChI is InChI=1S/C21H19BrFN3O3S/c1-14-11-15-3-2-4-19(20(15)24-13-14)30(28,29)26-9-7-25(8-10-26)21(27)17-12-16(22)5-6-18(17)23/h2-6,11-13H,7-10H2,1H3. The molecule has 6 nitrogen and oxygen atoms in total. The van der Waals surface area contributed by atoms with Gasteiger partial charge in [-0.15, -0.1) is 0 Å². The Hall–Kier alpha value is -2.36. The van der Waals surface area contributed by atoms with E-state index in [2.05, 4.69) is 20.9 Å². The van der Waals surface area contributed by atoms with Crippen LogP contribution in [0.1, 0.15) is 15.9 Å². The van der Waals surface area contributed by atoms with Gasteiger partial charge in [0, 0.05) is 42.2 Å². The predicted octanol–water partition coefficient (Wildman–Crippen LogP) is 3.59. The molecule has 1 aliphatic rings. The van der Waals surface area contributed by atoms with Gasteiger partial charge in [-0.25, -0.2) is 12.8 Å². The van der Waals surface area contributed by atoms with Crippen LogP contribution in [0.5, 0.6) is 0 Å². The van der Waals surface area contributed by atoms with Gasteiger partial charge in [0.15, 0.2) is 0 Å². The molecule has 30 heavy (non-hydrogen) atoms. The summed E-state index contributed by atoms with van der Waals surface area (Å²) in [6, 6.07) is 11.2. The first-order chi connectivity index (χ1) is 14.3. The van der Waals surface area contributed by atoms with Gasteiger partial charge in [-0.1, -0.05) is 28.1 Å². The second-order valence-corrected chi connectivity index (χ2v) is 9.98. The number of sulfonamides is 1. The van der Waals surface area contributed by atoms with Gasteiger partial charge in [0.2, 0.25) is 10.0 Å². The zero-order chi connectivity index (χ0) is 21.5. The largest absolute Gasteiger partial charge is 0.336 e. The van der Waals surface area contributed by atoms with Crippen LogP contribution < -0.4 is 0 Å². The van der Waals surface area contributed by atoms with E-state index in [0.29, 0.717) is 9.99 Å². The minimum atomic E-state index is -3.78. The van der Waals surface area contributed by atoms with Gasteiger partial charge in [0.25, 0.3) is 5.91 Å². The smallest absolute Gasteiger partial charge is 0.256 e. The molecule has 0 bridgehead atoms. The molecule has 0 radical (unpaired) electrons. The Morgan fingerprint density at radius 1 is 1.10 bits per heavy atom. The quantitative estimate of drug-likeness (QED) is 0.561. The molecule has 0 atom stereocenters. The van der Waals surface area contributed by atoms with E-state index < -0.39 is 21.7 Å². The van der Waals surface area contributed by atoms with Crippen molar-refractivity contribution in [1.29, 1.82) is 0 Å². The van der Waals surface area contributed by atoms with Crippen LogP contribution in [-0.2, 0) is 10.0 Å². The Morgan fingerprint density at radius 3 is 2.57 bits per heavy atom. The van der Waals surface area contributed by atoms with Crippen LogP contribution in [0.4, 0.5) is 4.39 Å². The number of rotatable bonds is 3. The van der Waals surface area contributed by atoms with Crippen LogP contribution in [-0.4, -0.2) is 54.7 Å². The average Bonchev–Trinajstić information content (AvgIpc) is 2.74. The van der Waals surface area contributed by atoms with E-state index in [4.69, 9.17) is 0 Å². The maximum absolute atomic E-state index is 14.1. The van der Waals surface area contributed by atoms with Crippen LogP contribution in [0.25, 0.3) is 10.9 Å². The Morgan fingerprint density at radius 2 is 1.83 bits per heavy atom. The molecule has 0 unspecified atom stereocenters. The predicted molar refractivity (Wildman–Crippen MR) is 115 cm³/mol. The maximum Gasteiger partial charge on any atom is 0.256 e. The lowest BCUT2D eigenvalue weighted by molar-refractivity contribution is 0.0693. The number of fused-ring (bicyclic) bond motifs is 1. The van der Waals surface area contributed by atoms with Crippen molar-refractivity contribution in [2.24, 2.45) is 0 Å². The fourth-order valence-electron chi connectivity index (χ4n) is 3.55. The van der Waals surface area contributed by atoms with E-state index >= 15 is 0 Å². The number of nitrogens with zero attached hydrogens (tertiary/aromatic N) is 3. The molecule has 0 aliphatic carbocycles. The van der Waals surface area contributed by atoms with E-state index in [-0.39, 0.29) is 36.6 Å². The summed E-state index contributed by atoms with van der Waals surface area (Å²) in [5.74, 6) is -1.05. The van der Waals surface area contributed by atoms with E-state index in [1.54, 1.807) is 18.3 Å². The summed E-state index contributed by atoms with van der Waals surface area (Å²) in [6.07, 6.45) is 1.64. The van der Waals surface area contributed by atoms with Gasteiger partial charge >= 0.3 is 0 Å². The number of pyridine rings is 1. The summed E-state index contributed by atoms with van der Waals surface area (Å²) in [5.41, 5.74) is 1.34. The van der Waals surface area contributed by atoms with E-state index in [1.165, 1.54) is 27.4 Å². The van der Waals surface area contributed by atoms with Crippen molar-refractivity contribution in [3.8, 4) is 0 Å². The molecular formula is C21H19BrFN3O3S. The third-order valence-electron chi connectivity index (χ3n) is 5.11. The fourth-order valence-corrected chi connectivity index (χ4v) is 5.50. The van der Waals surface area contributed by atoms with Gasteiger partial charge in [0.05, 0.1) is 11.1 Å². The Labute approximate surface area is 182 Å². The number of piperazine rings is 1. The molecule has 1 aliphatic heterocycles. The van der Waals surface area contributed by atoms with Crippen molar-refractivity contribution in [3.63, 3.8) is 0 Å². The van der Waals surface area contributed by atoms with Crippen molar-refractivity contribution in [2.45, 2.75) is 11.8 Å². The highest BCUT2D eigenvalue weighted by Crippen LogP contribution is 2.26. The number of hydrogen-bond donors (Lipinski definition) is 0. The molecule has 4 rings (SSSR count). The van der Waals surface area contributed by atoms with Crippen LogP contribution in [0.15, 0.2) is 58.0 Å². The second-order valence-electron chi connectivity index (χ2n) is 7.16. The van der Waals surface area contributed by atoms with Crippen molar-refractivity contribution in [2.75, 3.05) is 26.2 Å². The number of halogens is 2. The number of amides is 1. The third-order valence-corrected chi connectivity index (χ3v) is 7.54. The highest BCUT2D eigenvalue weighted by atomic mass is 79.9. The van der Waals surface area contributed by atoms with Crippen molar-refractivity contribution >= 4 is 42.8 Å². The number of hydrogen-bond acceptors (Lipinski definition) is 4. The molecule has 1 amide bonds. The highest BCUT2D eigenvalue weighted by molar-refractivity contribution is 9.10. The van der Waals surface area contributed by atoms with Crippen molar-refractivity contribution in [3.05, 3.63) is 70.1 Å². The minimum absolute atomic E-state index is 0.0331. The van der Waals surface area contributed by atoms with Gasteiger partial charge in [-0.2, -0.15) is 4.31 Å². The summed E-state index contributed by atoms with van der Waals surface area (Å²) >= 11 is 3.24. The van der Waals surface area contributed by atoms with Crippen molar-refractivity contribution in [1.82, 2.24) is 14.2 Å². The third kappa shape index (κ3) is 3.84. The first-order valence-corrected chi connectivity index (χ1v) is 11.6. The summed E-state index contributed by atoms with van der Waals surface area (Å²) in [4.78, 5) is 18.6. The van der Waals surface area contributed by atoms with Crippen LogP contribution in [0, 0.1) is 12.7 Å². The molecular weight excluding hydrogens is 473 g/mol. The highest BCUT2D eigenvalue weighted by Gasteiger charge is 2.32. The van der Waals surface area contributed by atoms with Gasteiger partial charge in [0.1, 0.15) is 10.7 Å². The summed E-state index contributed by atoms with van der Waals surface area (Å²) in [7, 11) is -3.78. The molecule has 9 heteroatoms. The molecule has 0 spiro atoms. The van der Waals surface area contributed by atoms with Crippen LogP contribution >= 0.6 is 15.9 Å². The molecule has 156 valence electrons. The second kappa shape index (κ2) is 8.05. The maximum atomic E-state index is 14.1.